The van der Waals surface area contributed by atoms with Gasteiger partial charge in [-0.05, 0) is 83.5 Å². The van der Waals surface area contributed by atoms with Gasteiger partial charge >= 0.3 is 25.7 Å². The fraction of sp³-hybridized carbons (Fsp3) is 0.783. The molecule has 72 heavy (non-hydrogen) atoms. The molecule has 11 nitrogen and oxygen atoms in total. The number of aliphatic hydroxyl groups is 1. The Balaban J connectivity index is 4.76. The molecule has 0 aliphatic rings. The van der Waals surface area contributed by atoms with Gasteiger partial charge < -0.3 is 24.2 Å². The Morgan fingerprint density at radius 2 is 0.722 bits per heavy atom. The third-order valence-corrected chi connectivity index (χ3v) is 13.4. The topological polar surface area (TPSA) is 155 Å². The van der Waals surface area contributed by atoms with Gasteiger partial charge in [-0.2, -0.15) is 0 Å². The summed E-state index contributed by atoms with van der Waals surface area (Å²) in [5.41, 5.74) is 0. The first kappa shape index (κ1) is 69.2. The van der Waals surface area contributed by atoms with E-state index in [-0.39, 0.29) is 25.9 Å². The first-order chi connectivity index (χ1) is 35.2. The Morgan fingerprint density at radius 1 is 0.403 bits per heavy atom. The molecule has 0 rings (SSSR count). The predicted molar refractivity (Wildman–Crippen MR) is 298 cm³/mol. The molecule has 12 heteroatoms. The molecule has 418 valence electrons. The lowest BCUT2D eigenvalue weighted by molar-refractivity contribution is -0.161. The van der Waals surface area contributed by atoms with E-state index in [0.29, 0.717) is 19.3 Å². The van der Waals surface area contributed by atoms with E-state index in [1.54, 1.807) is 0 Å². The Kier molecular flexibility index (Phi) is 52.3. The number of ether oxygens (including phenoxy) is 3. The molecule has 0 fully saturated rings. The molecule has 0 spiro atoms. The number of carbonyl (C=O) groups is 3. The first-order valence-electron chi connectivity index (χ1n) is 29.2. The van der Waals surface area contributed by atoms with Gasteiger partial charge in [0, 0.05) is 19.3 Å². The molecule has 0 radical (unpaired) electrons. The average molecular weight is 1040 g/mol. The lowest BCUT2D eigenvalue weighted by Crippen LogP contribution is -2.30. The molecule has 0 aromatic rings. The van der Waals surface area contributed by atoms with Crippen molar-refractivity contribution >= 4 is 25.7 Å². The summed E-state index contributed by atoms with van der Waals surface area (Å²) in [7, 11) is -4.75. The number of carbonyl (C=O) groups excluding carboxylic acids is 3. The molecule has 3 atom stereocenters. The maximum Gasteiger partial charge on any atom is 0.472 e. The summed E-state index contributed by atoms with van der Waals surface area (Å²) < 4.78 is 39.5. The molecule has 0 bridgehead atoms. The van der Waals surface area contributed by atoms with Crippen molar-refractivity contribution in [1.29, 1.82) is 0 Å². The SMILES string of the molecule is CC/C=C\C/C=C\C/C=C\C/C=C\CCCCCCC(=O)OC(COC(=O)CCCCCCCCCCCCCCCCC)COP(=O)(O)OCC(CO)OC(=O)CCCCCCC/C=C\CCCCCC. The lowest BCUT2D eigenvalue weighted by atomic mass is 10.0. The number of esters is 3. The summed E-state index contributed by atoms with van der Waals surface area (Å²) in [5, 5.41) is 9.80. The number of phosphoric acid groups is 1. The minimum absolute atomic E-state index is 0.140. The minimum Gasteiger partial charge on any atom is -0.462 e. The molecule has 0 amide bonds. The Labute approximate surface area is 440 Å². The van der Waals surface area contributed by atoms with Crippen LogP contribution >= 0.6 is 7.82 Å². The largest absolute Gasteiger partial charge is 0.472 e. The maximum absolute atomic E-state index is 12.9. The normalized spacial score (nSPS) is 13.8. The summed E-state index contributed by atoms with van der Waals surface area (Å²) in [5.74, 6) is -1.49. The molecule has 2 N–H and O–H groups in total. The van der Waals surface area contributed by atoms with E-state index < -0.39 is 57.8 Å². The van der Waals surface area contributed by atoms with Crippen molar-refractivity contribution in [2.24, 2.45) is 0 Å². The number of rotatable bonds is 54. The Bertz CT molecular complexity index is 1440. The molecule has 0 heterocycles. The van der Waals surface area contributed by atoms with Gasteiger partial charge in [-0.3, -0.25) is 23.4 Å². The third kappa shape index (κ3) is 52.1. The minimum atomic E-state index is -4.75. The van der Waals surface area contributed by atoms with Gasteiger partial charge in [-0.1, -0.05) is 223 Å². The summed E-state index contributed by atoms with van der Waals surface area (Å²) in [6.07, 6.45) is 58.9. The van der Waals surface area contributed by atoms with Gasteiger partial charge in [0.25, 0.3) is 0 Å². The molecule has 0 aliphatic carbocycles. The second-order valence-electron chi connectivity index (χ2n) is 19.4. The van der Waals surface area contributed by atoms with Gasteiger partial charge in [-0.25, -0.2) is 4.57 Å². The van der Waals surface area contributed by atoms with Crippen molar-refractivity contribution < 1.29 is 52.2 Å². The van der Waals surface area contributed by atoms with E-state index in [4.69, 9.17) is 23.3 Å². The van der Waals surface area contributed by atoms with Crippen molar-refractivity contribution in [2.45, 2.75) is 277 Å². The zero-order valence-electron chi connectivity index (χ0n) is 46.1. The number of phosphoric ester groups is 1. The van der Waals surface area contributed by atoms with Crippen LogP contribution in [0, 0.1) is 0 Å². The van der Waals surface area contributed by atoms with Crippen molar-refractivity contribution in [1.82, 2.24) is 0 Å². The number of hydrogen-bond acceptors (Lipinski definition) is 10. The lowest BCUT2D eigenvalue weighted by Gasteiger charge is -2.21. The van der Waals surface area contributed by atoms with Crippen LogP contribution in [0.4, 0.5) is 0 Å². The van der Waals surface area contributed by atoms with Crippen LogP contribution in [0.15, 0.2) is 60.8 Å². The highest BCUT2D eigenvalue weighted by Crippen LogP contribution is 2.43. The van der Waals surface area contributed by atoms with Crippen molar-refractivity contribution in [2.75, 3.05) is 26.4 Å². The fourth-order valence-electron chi connectivity index (χ4n) is 7.99. The molecular weight excluding hydrogens is 928 g/mol. The molecule has 0 saturated heterocycles. The average Bonchev–Trinajstić information content (AvgIpc) is 3.37. The van der Waals surface area contributed by atoms with Crippen molar-refractivity contribution in [3.8, 4) is 0 Å². The van der Waals surface area contributed by atoms with E-state index in [1.807, 2.05) is 0 Å². The van der Waals surface area contributed by atoms with Crippen LogP contribution in [0.2, 0.25) is 0 Å². The summed E-state index contributed by atoms with van der Waals surface area (Å²) >= 11 is 0. The Hall–Kier alpha value is -2.82. The fourth-order valence-corrected chi connectivity index (χ4v) is 8.77. The highest BCUT2D eigenvalue weighted by atomic mass is 31.2. The van der Waals surface area contributed by atoms with Crippen LogP contribution in [0.1, 0.15) is 265 Å². The molecule has 0 aromatic heterocycles. The van der Waals surface area contributed by atoms with Crippen LogP contribution in [0.5, 0.6) is 0 Å². The van der Waals surface area contributed by atoms with Gasteiger partial charge in [-0.15, -0.1) is 0 Å². The quantitative estimate of drug-likeness (QED) is 0.0197. The maximum atomic E-state index is 12.9. The number of allylic oxidation sites excluding steroid dienone is 10. The van der Waals surface area contributed by atoms with Crippen LogP contribution in [0.25, 0.3) is 0 Å². The van der Waals surface area contributed by atoms with Gasteiger partial charge in [0.2, 0.25) is 0 Å². The molecular formula is C60H107O11P. The summed E-state index contributed by atoms with van der Waals surface area (Å²) in [6.45, 7) is 4.50. The molecule has 0 aliphatic heterocycles. The summed E-state index contributed by atoms with van der Waals surface area (Å²) in [4.78, 5) is 48.5. The highest BCUT2D eigenvalue weighted by Gasteiger charge is 2.28. The van der Waals surface area contributed by atoms with Crippen molar-refractivity contribution in [3.05, 3.63) is 60.8 Å². The smallest absolute Gasteiger partial charge is 0.462 e. The van der Waals surface area contributed by atoms with E-state index in [9.17, 15) is 28.9 Å². The van der Waals surface area contributed by atoms with Gasteiger partial charge in [0.15, 0.2) is 6.10 Å². The second-order valence-corrected chi connectivity index (χ2v) is 20.9. The van der Waals surface area contributed by atoms with Crippen LogP contribution in [-0.4, -0.2) is 66.5 Å². The standard InChI is InChI=1S/C60H107O11P/c1-4-7-10-13-16-19-22-25-27-28-30-33-36-39-42-45-48-51-60(64)71-57(53-67-58(62)49-46-43-40-37-34-32-29-26-23-20-17-14-11-8-5-2)55-69-72(65,66)68-54-56(52-61)70-59(63)50-47-44-41-38-35-31-24-21-18-15-12-9-6-3/h7,10,16,19,21,24-25,27,30,33,56-57,61H,4-6,8-9,11-15,17-18,20,22-23,26,28-29,31-32,34-55H2,1-3H3,(H,65,66)/b10-7-,19-16-,24-21-,27-25-,33-30-. The van der Waals surface area contributed by atoms with Crippen molar-refractivity contribution in [3.63, 3.8) is 0 Å². The van der Waals surface area contributed by atoms with Crippen LogP contribution in [-0.2, 0) is 42.2 Å². The van der Waals surface area contributed by atoms with E-state index in [2.05, 4.69) is 81.5 Å². The van der Waals surface area contributed by atoms with E-state index in [1.165, 1.54) is 96.3 Å². The first-order valence-corrected chi connectivity index (χ1v) is 30.7. The van der Waals surface area contributed by atoms with Gasteiger partial charge in [0.1, 0.15) is 12.7 Å². The van der Waals surface area contributed by atoms with E-state index in [0.717, 1.165) is 109 Å². The molecule has 3 unspecified atom stereocenters. The van der Waals surface area contributed by atoms with Crippen LogP contribution < -0.4 is 0 Å². The number of aliphatic hydroxyl groups excluding tert-OH is 1. The summed E-state index contributed by atoms with van der Waals surface area (Å²) in [6, 6.07) is 0. The number of hydrogen-bond donors (Lipinski definition) is 2. The molecule has 0 aromatic carbocycles. The number of unbranched alkanes of at least 4 members (excludes halogenated alkanes) is 27. The zero-order chi connectivity index (χ0) is 52.7. The monoisotopic (exact) mass is 1030 g/mol. The third-order valence-electron chi connectivity index (χ3n) is 12.4. The zero-order valence-corrected chi connectivity index (χ0v) is 47.0. The highest BCUT2D eigenvalue weighted by molar-refractivity contribution is 7.47. The van der Waals surface area contributed by atoms with Crippen LogP contribution in [0.3, 0.4) is 0 Å². The van der Waals surface area contributed by atoms with Gasteiger partial charge in [0.05, 0.1) is 19.8 Å². The van der Waals surface area contributed by atoms with E-state index >= 15 is 0 Å². The second kappa shape index (κ2) is 54.4. The Morgan fingerprint density at radius 3 is 1.14 bits per heavy atom. The predicted octanol–water partition coefficient (Wildman–Crippen LogP) is 17.1. The molecule has 0 saturated carbocycles.